The summed E-state index contributed by atoms with van der Waals surface area (Å²) >= 11 is 0. The number of nitrogens with zero attached hydrogens (tertiary/aromatic N) is 3. The number of amides is 4. The monoisotopic (exact) mass is 429 g/mol. The van der Waals surface area contributed by atoms with Crippen LogP contribution in [0.25, 0.3) is 10.9 Å². The van der Waals surface area contributed by atoms with Crippen LogP contribution in [0, 0.1) is 11.8 Å². The molecule has 2 aliphatic heterocycles. The lowest BCUT2D eigenvalue weighted by molar-refractivity contribution is -0.122. The molecule has 2 aliphatic rings. The molecule has 1 fully saturated rings. The minimum atomic E-state index is -1.55. The number of fused-ring (bicyclic) bond motifs is 2. The average molecular weight is 429 g/mol. The van der Waals surface area contributed by atoms with Crippen LogP contribution in [0.2, 0.25) is 0 Å². The number of urea groups is 1. The standard InChI is InChI=1S/C23H19N5O4/c1-27-19-6-3-14(9-16(19)11-24-27)7-8-23(21(30)25-22(31)26-23)13-28-12-15-4-5-17(32-2)10-18(15)20(28)29/h3-6,9-11H,12-13H2,1-2H3,(H2,25,26,30,31)/t23-/m1/s1. The van der Waals surface area contributed by atoms with Crippen LogP contribution in [0.4, 0.5) is 4.79 Å². The molecule has 3 aromatic rings. The number of methoxy groups -OCH3 is 1. The third kappa shape index (κ3) is 3.13. The topological polar surface area (TPSA) is 106 Å². The first kappa shape index (κ1) is 19.6. The fourth-order valence-corrected chi connectivity index (χ4v) is 4.03. The van der Waals surface area contributed by atoms with Crippen molar-refractivity contribution in [2.24, 2.45) is 7.05 Å². The highest BCUT2D eigenvalue weighted by atomic mass is 16.5. The fraction of sp³-hybridized carbons (Fsp3) is 0.217. The summed E-state index contributed by atoms with van der Waals surface area (Å²) in [5, 5.41) is 9.98. The van der Waals surface area contributed by atoms with Gasteiger partial charge in [0.1, 0.15) is 5.75 Å². The van der Waals surface area contributed by atoms with E-state index in [1.807, 2.05) is 31.3 Å². The predicted octanol–water partition coefficient (Wildman–Crippen LogP) is 1.17. The van der Waals surface area contributed by atoms with Crippen LogP contribution in [-0.2, 0) is 18.4 Å². The van der Waals surface area contributed by atoms with Crippen molar-refractivity contribution in [2.45, 2.75) is 12.1 Å². The van der Waals surface area contributed by atoms with E-state index in [9.17, 15) is 14.4 Å². The quantitative estimate of drug-likeness (QED) is 0.480. The zero-order valence-electron chi connectivity index (χ0n) is 17.4. The molecule has 0 aliphatic carbocycles. The molecule has 5 rings (SSSR count). The molecule has 0 unspecified atom stereocenters. The lowest BCUT2D eigenvalue weighted by atomic mass is 9.99. The van der Waals surface area contributed by atoms with Crippen LogP contribution < -0.4 is 15.4 Å². The zero-order chi connectivity index (χ0) is 22.5. The number of benzene rings is 2. The molecule has 9 nitrogen and oxygen atoms in total. The fourth-order valence-electron chi connectivity index (χ4n) is 4.03. The highest BCUT2D eigenvalue weighted by molar-refractivity contribution is 6.10. The molecule has 0 radical (unpaired) electrons. The Balaban J connectivity index is 1.47. The number of ether oxygens (including phenoxy) is 1. The van der Waals surface area contributed by atoms with E-state index in [0.29, 0.717) is 23.4 Å². The number of nitrogens with one attached hydrogen (secondary N) is 2. The van der Waals surface area contributed by atoms with E-state index in [2.05, 4.69) is 27.6 Å². The molecular formula is C23H19N5O4. The first-order valence-corrected chi connectivity index (χ1v) is 9.93. The molecule has 0 bridgehead atoms. The summed E-state index contributed by atoms with van der Waals surface area (Å²) in [5.74, 6) is 5.65. The van der Waals surface area contributed by atoms with E-state index in [0.717, 1.165) is 16.5 Å². The van der Waals surface area contributed by atoms with Crippen LogP contribution >= 0.6 is 0 Å². The second kappa shape index (κ2) is 7.13. The molecule has 3 heterocycles. The van der Waals surface area contributed by atoms with Crippen molar-refractivity contribution < 1.29 is 19.1 Å². The third-order valence-corrected chi connectivity index (χ3v) is 5.73. The molecule has 1 saturated heterocycles. The molecule has 2 N–H and O–H groups in total. The number of imide groups is 1. The van der Waals surface area contributed by atoms with Gasteiger partial charge in [0, 0.05) is 30.1 Å². The summed E-state index contributed by atoms with van der Waals surface area (Å²) in [7, 11) is 3.38. The van der Waals surface area contributed by atoms with Crippen LogP contribution in [-0.4, -0.2) is 51.7 Å². The Morgan fingerprint density at radius 1 is 1.19 bits per heavy atom. The van der Waals surface area contributed by atoms with Gasteiger partial charge in [-0.05, 0) is 35.9 Å². The summed E-state index contributed by atoms with van der Waals surface area (Å²) in [6.45, 7) is 0.231. The smallest absolute Gasteiger partial charge is 0.323 e. The largest absolute Gasteiger partial charge is 0.497 e. The SMILES string of the molecule is COc1ccc2c(c1)C(=O)N(C[C@@]1(C#Cc3ccc4c(cnn4C)c3)NC(=O)NC1=O)C2. The van der Waals surface area contributed by atoms with Crippen LogP contribution in [0.5, 0.6) is 5.75 Å². The molecule has 0 spiro atoms. The molecular weight excluding hydrogens is 410 g/mol. The van der Waals surface area contributed by atoms with E-state index >= 15 is 0 Å². The number of hydrogen-bond donors (Lipinski definition) is 2. The number of hydrogen-bond acceptors (Lipinski definition) is 5. The maximum absolute atomic E-state index is 13.0. The minimum Gasteiger partial charge on any atom is -0.497 e. The van der Waals surface area contributed by atoms with Gasteiger partial charge in [0.05, 0.1) is 25.4 Å². The lowest BCUT2D eigenvalue weighted by Crippen LogP contribution is -2.54. The second-order valence-electron chi connectivity index (χ2n) is 7.79. The number of carbonyl (C=O) groups excluding carboxylic acids is 3. The van der Waals surface area contributed by atoms with Gasteiger partial charge in [-0.1, -0.05) is 17.9 Å². The summed E-state index contributed by atoms with van der Waals surface area (Å²) in [6, 6.07) is 10.2. The predicted molar refractivity (Wildman–Crippen MR) is 115 cm³/mol. The van der Waals surface area contributed by atoms with E-state index < -0.39 is 17.5 Å². The highest BCUT2D eigenvalue weighted by Crippen LogP contribution is 2.28. The Bertz CT molecular complexity index is 1370. The van der Waals surface area contributed by atoms with Crippen molar-refractivity contribution in [1.29, 1.82) is 0 Å². The van der Waals surface area contributed by atoms with E-state index in [1.165, 1.54) is 12.0 Å². The Hall–Kier alpha value is -4.32. The first-order chi connectivity index (χ1) is 15.4. The van der Waals surface area contributed by atoms with Crippen molar-refractivity contribution in [3.8, 4) is 17.6 Å². The van der Waals surface area contributed by atoms with Gasteiger partial charge in [-0.2, -0.15) is 5.10 Å². The van der Waals surface area contributed by atoms with Crippen molar-refractivity contribution in [3.63, 3.8) is 0 Å². The van der Waals surface area contributed by atoms with Crippen LogP contribution in [0.3, 0.4) is 0 Å². The molecule has 160 valence electrons. The summed E-state index contributed by atoms with van der Waals surface area (Å²) in [5.41, 5.74) is 1.40. The molecule has 0 saturated carbocycles. The van der Waals surface area contributed by atoms with E-state index in [4.69, 9.17) is 4.74 Å². The number of carbonyl (C=O) groups is 3. The number of rotatable bonds is 3. The Morgan fingerprint density at radius 3 is 2.78 bits per heavy atom. The van der Waals surface area contributed by atoms with E-state index in [1.54, 1.807) is 23.0 Å². The van der Waals surface area contributed by atoms with Crippen LogP contribution in [0.1, 0.15) is 21.5 Å². The van der Waals surface area contributed by atoms with Crippen molar-refractivity contribution >= 4 is 28.7 Å². The molecule has 1 aromatic heterocycles. The van der Waals surface area contributed by atoms with Gasteiger partial charge in [-0.3, -0.25) is 19.6 Å². The average Bonchev–Trinajstić information content (AvgIpc) is 3.40. The minimum absolute atomic E-state index is 0.0808. The number of aryl methyl sites for hydroxylation is 1. The van der Waals surface area contributed by atoms with Gasteiger partial charge >= 0.3 is 6.03 Å². The maximum atomic E-state index is 13.0. The second-order valence-corrected chi connectivity index (χ2v) is 7.79. The summed E-state index contributed by atoms with van der Waals surface area (Å²) in [6.07, 6.45) is 1.73. The van der Waals surface area contributed by atoms with Gasteiger partial charge in [0.15, 0.2) is 0 Å². The number of aromatic nitrogens is 2. The third-order valence-electron chi connectivity index (χ3n) is 5.73. The molecule has 1 atom stereocenters. The summed E-state index contributed by atoms with van der Waals surface area (Å²) in [4.78, 5) is 39.2. The van der Waals surface area contributed by atoms with Gasteiger partial charge < -0.3 is 15.0 Å². The Labute approximate surface area is 183 Å². The van der Waals surface area contributed by atoms with Gasteiger partial charge in [-0.15, -0.1) is 0 Å². The van der Waals surface area contributed by atoms with Gasteiger partial charge in [0.2, 0.25) is 5.54 Å². The molecule has 2 aromatic carbocycles. The Morgan fingerprint density at radius 2 is 2.03 bits per heavy atom. The van der Waals surface area contributed by atoms with Crippen molar-refractivity contribution in [3.05, 3.63) is 59.3 Å². The zero-order valence-corrected chi connectivity index (χ0v) is 17.4. The molecule has 32 heavy (non-hydrogen) atoms. The summed E-state index contributed by atoms with van der Waals surface area (Å²) < 4.78 is 6.96. The van der Waals surface area contributed by atoms with Crippen molar-refractivity contribution in [1.82, 2.24) is 25.3 Å². The van der Waals surface area contributed by atoms with E-state index in [-0.39, 0.29) is 12.5 Å². The molecule has 9 heteroatoms. The Kier molecular flexibility index (Phi) is 4.37. The van der Waals surface area contributed by atoms with Gasteiger partial charge in [0.25, 0.3) is 11.8 Å². The van der Waals surface area contributed by atoms with Crippen molar-refractivity contribution in [2.75, 3.05) is 13.7 Å². The first-order valence-electron chi connectivity index (χ1n) is 9.93. The van der Waals surface area contributed by atoms with Gasteiger partial charge in [-0.25, -0.2) is 4.79 Å². The maximum Gasteiger partial charge on any atom is 0.323 e. The highest BCUT2D eigenvalue weighted by Gasteiger charge is 2.48. The molecule has 4 amide bonds. The van der Waals surface area contributed by atoms with Crippen LogP contribution in [0.15, 0.2) is 42.6 Å². The normalized spacial score (nSPS) is 19.4. The lowest BCUT2D eigenvalue weighted by Gasteiger charge is -2.26.